The van der Waals surface area contributed by atoms with Crippen LogP contribution in [-0.2, 0) is 29.6 Å². The van der Waals surface area contributed by atoms with Crippen LogP contribution in [0.2, 0.25) is 0 Å². The summed E-state index contributed by atoms with van der Waals surface area (Å²) in [7, 11) is 3.90. The van der Waals surface area contributed by atoms with E-state index in [0.717, 1.165) is 32.6 Å². The van der Waals surface area contributed by atoms with Crippen LogP contribution in [0.25, 0.3) is 0 Å². The van der Waals surface area contributed by atoms with Crippen molar-refractivity contribution in [1.29, 1.82) is 0 Å². The number of piperazine rings is 1. The second kappa shape index (κ2) is 11.3. The highest BCUT2D eigenvalue weighted by Gasteiger charge is 2.21. The van der Waals surface area contributed by atoms with E-state index in [0.29, 0.717) is 22.5 Å². The Balaban J connectivity index is 1.45. The van der Waals surface area contributed by atoms with E-state index in [1.807, 2.05) is 36.2 Å². The molecule has 2 amide bonds. The van der Waals surface area contributed by atoms with Crippen molar-refractivity contribution >= 4 is 23.6 Å². The van der Waals surface area contributed by atoms with Crippen molar-refractivity contribution in [3.8, 4) is 5.75 Å². The molecular formula is C22H32N6O3S. The summed E-state index contributed by atoms with van der Waals surface area (Å²) in [6, 6.07) is 7.73. The molecule has 9 nitrogen and oxygen atoms in total. The molecule has 0 saturated carbocycles. The van der Waals surface area contributed by atoms with Gasteiger partial charge in [0.15, 0.2) is 17.1 Å². The summed E-state index contributed by atoms with van der Waals surface area (Å²) in [6.07, 6.45) is 0.323. The Labute approximate surface area is 193 Å². The van der Waals surface area contributed by atoms with E-state index < -0.39 is 6.10 Å². The highest BCUT2D eigenvalue weighted by molar-refractivity contribution is 7.99. The molecule has 2 aromatic rings. The number of likely N-dealkylation sites (N-methyl/N-ethyl adjacent to an activating group) is 1. The zero-order valence-corrected chi connectivity index (χ0v) is 20.0. The molecule has 0 radical (unpaired) electrons. The predicted molar refractivity (Wildman–Crippen MR) is 124 cm³/mol. The molecule has 3 rings (SSSR count). The Morgan fingerprint density at radius 2 is 1.81 bits per heavy atom. The second-order valence-corrected chi connectivity index (χ2v) is 8.85. The van der Waals surface area contributed by atoms with Gasteiger partial charge in [0.25, 0.3) is 5.91 Å². The Morgan fingerprint density at radius 1 is 1.12 bits per heavy atom. The van der Waals surface area contributed by atoms with Crippen molar-refractivity contribution < 1.29 is 14.3 Å². The standard InChI is InChI=1S/C22H32N6O3S/c1-5-17-6-8-18(9-7-17)31-16(2)21(30)23-14-19-24-25-22(27(19)4)32-15-20(29)28-12-10-26(3)11-13-28/h6-9,16H,5,10-15H2,1-4H3,(H,23,30)/t16-/m0/s1. The van der Waals surface area contributed by atoms with Gasteiger partial charge in [0, 0.05) is 33.2 Å². The van der Waals surface area contributed by atoms with E-state index in [4.69, 9.17) is 4.74 Å². The van der Waals surface area contributed by atoms with E-state index in [-0.39, 0.29) is 18.4 Å². The number of nitrogens with zero attached hydrogens (tertiary/aromatic N) is 5. The average molecular weight is 461 g/mol. The van der Waals surface area contributed by atoms with Gasteiger partial charge in [-0.15, -0.1) is 10.2 Å². The maximum absolute atomic E-state index is 12.4. The number of carbonyl (C=O) groups is 2. The van der Waals surface area contributed by atoms with Crippen LogP contribution < -0.4 is 10.1 Å². The minimum atomic E-state index is -0.634. The molecule has 1 aliphatic rings. The molecule has 0 spiro atoms. The fourth-order valence-electron chi connectivity index (χ4n) is 3.27. The molecule has 0 bridgehead atoms. The Bertz CT molecular complexity index is 909. The molecule has 1 N–H and O–H groups in total. The van der Waals surface area contributed by atoms with Gasteiger partial charge < -0.3 is 24.4 Å². The fraction of sp³-hybridized carbons (Fsp3) is 0.545. The van der Waals surface area contributed by atoms with Gasteiger partial charge in [0.05, 0.1) is 12.3 Å². The van der Waals surface area contributed by atoms with Crippen LogP contribution in [0.15, 0.2) is 29.4 Å². The summed E-state index contributed by atoms with van der Waals surface area (Å²) in [6.45, 7) is 7.35. The van der Waals surface area contributed by atoms with E-state index >= 15 is 0 Å². The molecule has 32 heavy (non-hydrogen) atoms. The average Bonchev–Trinajstić information content (AvgIpc) is 3.16. The molecule has 1 aromatic carbocycles. The molecule has 174 valence electrons. The van der Waals surface area contributed by atoms with Gasteiger partial charge in [-0.3, -0.25) is 9.59 Å². The highest BCUT2D eigenvalue weighted by atomic mass is 32.2. The lowest BCUT2D eigenvalue weighted by atomic mass is 10.2. The first-order valence-corrected chi connectivity index (χ1v) is 11.9. The first kappa shape index (κ1) is 24.1. The van der Waals surface area contributed by atoms with Crippen molar-refractivity contribution in [3.63, 3.8) is 0 Å². The number of ether oxygens (including phenoxy) is 1. The monoisotopic (exact) mass is 460 g/mol. The van der Waals surface area contributed by atoms with Crippen LogP contribution in [0.3, 0.4) is 0 Å². The van der Waals surface area contributed by atoms with Crippen LogP contribution in [0.1, 0.15) is 25.2 Å². The van der Waals surface area contributed by atoms with Crippen LogP contribution in [0.4, 0.5) is 0 Å². The number of benzene rings is 1. The molecule has 0 unspecified atom stereocenters. The highest BCUT2D eigenvalue weighted by Crippen LogP contribution is 2.17. The van der Waals surface area contributed by atoms with E-state index in [9.17, 15) is 9.59 Å². The van der Waals surface area contributed by atoms with E-state index in [1.54, 1.807) is 11.5 Å². The van der Waals surface area contributed by atoms with Gasteiger partial charge in [-0.05, 0) is 38.1 Å². The smallest absolute Gasteiger partial charge is 0.261 e. The molecule has 2 heterocycles. The molecule has 1 fully saturated rings. The minimum absolute atomic E-state index is 0.110. The number of nitrogens with one attached hydrogen (secondary N) is 1. The van der Waals surface area contributed by atoms with Gasteiger partial charge >= 0.3 is 0 Å². The second-order valence-electron chi connectivity index (χ2n) is 7.91. The maximum atomic E-state index is 12.4. The minimum Gasteiger partial charge on any atom is -0.481 e. The molecule has 1 atom stereocenters. The van der Waals surface area contributed by atoms with Gasteiger partial charge in [-0.1, -0.05) is 30.8 Å². The number of hydrogen-bond donors (Lipinski definition) is 1. The Hall–Kier alpha value is -2.59. The Morgan fingerprint density at radius 3 is 2.47 bits per heavy atom. The first-order valence-electron chi connectivity index (χ1n) is 10.9. The summed E-state index contributed by atoms with van der Waals surface area (Å²) >= 11 is 1.36. The molecular weight excluding hydrogens is 428 g/mol. The van der Waals surface area contributed by atoms with Crippen molar-refractivity contribution in [2.45, 2.75) is 38.1 Å². The maximum Gasteiger partial charge on any atom is 0.261 e. The van der Waals surface area contributed by atoms with Crippen molar-refractivity contribution in [1.82, 2.24) is 29.9 Å². The lowest BCUT2D eigenvalue weighted by Crippen LogP contribution is -2.47. The topological polar surface area (TPSA) is 92.6 Å². The lowest BCUT2D eigenvalue weighted by molar-refractivity contribution is -0.130. The van der Waals surface area contributed by atoms with Crippen LogP contribution in [0.5, 0.6) is 5.75 Å². The van der Waals surface area contributed by atoms with E-state index in [1.165, 1.54) is 17.3 Å². The van der Waals surface area contributed by atoms with Gasteiger partial charge in [-0.2, -0.15) is 0 Å². The number of aryl methyl sites for hydroxylation is 1. The van der Waals surface area contributed by atoms with Crippen molar-refractivity contribution in [3.05, 3.63) is 35.7 Å². The predicted octanol–water partition coefficient (Wildman–Crippen LogP) is 1.33. The SMILES string of the molecule is CCc1ccc(O[C@@H](C)C(=O)NCc2nnc(SCC(=O)N3CCN(C)CC3)n2C)cc1. The van der Waals surface area contributed by atoms with Crippen LogP contribution in [0, 0.1) is 0 Å². The summed E-state index contributed by atoms with van der Waals surface area (Å²) in [5, 5.41) is 11.8. The number of amides is 2. The third-order valence-electron chi connectivity index (χ3n) is 5.54. The normalized spacial score (nSPS) is 15.4. The zero-order chi connectivity index (χ0) is 23.1. The van der Waals surface area contributed by atoms with Crippen molar-refractivity contribution in [2.24, 2.45) is 7.05 Å². The molecule has 0 aliphatic carbocycles. The number of thioether (sulfide) groups is 1. The fourth-order valence-corrected chi connectivity index (χ4v) is 4.10. The van der Waals surface area contributed by atoms with E-state index in [2.05, 4.69) is 34.4 Å². The summed E-state index contributed by atoms with van der Waals surface area (Å²) in [5.41, 5.74) is 1.22. The third-order valence-corrected chi connectivity index (χ3v) is 6.55. The quantitative estimate of drug-likeness (QED) is 0.565. The zero-order valence-electron chi connectivity index (χ0n) is 19.2. The van der Waals surface area contributed by atoms with Gasteiger partial charge in [0.2, 0.25) is 5.91 Å². The number of rotatable bonds is 9. The first-order chi connectivity index (χ1) is 15.4. The third kappa shape index (κ3) is 6.46. The molecule has 1 aromatic heterocycles. The summed E-state index contributed by atoms with van der Waals surface area (Å²) < 4.78 is 7.53. The summed E-state index contributed by atoms with van der Waals surface area (Å²) in [5.74, 6) is 1.48. The van der Waals surface area contributed by atoms with Crippen LogP contribution in [-0.4, -0.2) is 81.5 Å². The molecule has 1 saturated heterocycles. The molecule has 10 heteroatoms. The number of carbonyl (C=O) groups excluding carboxylic acids is 2. The molecule has 1 aliphatic heterocycles. The van der Waals surface area contributed by atoms with Crippen molar-refractivity contribution in [2.75, 3.05) is 39.0 Å². The van der Waals surface area contributed by atoms with Gasteiger partial charge in [-0.25, -0.2) is 0 Å². The van der Waals surface area contributed by atoms with Gasteiger partial charge in [0.1, 0.15) is 5.75 Å². The number of aromatic nitrogens is 3. The largest absolute Gasteiger partial charge is 0.481 e. The summed E-state index contributed by atoms with van der Waals surface area (Å²) in [4.78, 5) is 29.0. The van der Waals surface area contributed by atoms with Crippen LogP contribution >= 0.6 is 11.8 Å². The Kier molecular flexibility index (Phi) is 8.52. The lowest BCUT2D eigenvalue weighted by Gasteiger charge is -2.32. The number of hydrogen-bond acceptors (Lipinski definition) is 7.